The summed E-state index contributed by atoms with van der Waals surface area (Å²) in [6.07, 6.45) is 1.54. The standard InChI is InChI=1S/C18H19N5O3/c1-11-10-16(23(4)21-11)20-18(25)13-7-8-14(15-6-5-9-26-15)19-17(13)22(3)12(2)24/h5-10H,1-4H3,(H,20,25). The van der Waals surface area contributed by atoms with Gasteiger partial charge in [-0.1, -0.05) is 0 Å². The van der Waals surface area contributed by atoms with Crippen molar-refractivity contribution in [3.05, 3.63) is 47.9 Å². The largest absolute Gasteiger partial charge is 0.463 e. The first kappa shape index (κ1) is 17.4. The highest BCUT2D eigenvalue weighted by atomic mass is 16.3. The number of aryl methyl sites for hydroxylation is 2. The van der Waals surface area contributed by atoms with Gasteiger partial charge in [-0.3, -0.25) is 19.2 Å². The molecule has 3 rings (SSSR count). The molecule has 8 heteroatoms. The van der Waals surface area contributed by atoms with Crippen molar-refractivity contribution in [2.75, 3.05) is 17.3 Å². The van der Waals surface area contributed by atoms with E-state index in [1.165, 1.54) is 18.1 Å². The van der Waals surface area contributed by atoms with Crippen molar-refractivity contribution < 1.29 is 14.0 Å². The van der Waals surface area contributed by atoms with Crippen molar-refractivity contribution >= 4 is 23.5 Å². The third kappa shape index (κ3) is 3.34. The Morgan fingerprint density at radius 2 is 2.04 bits per heavy atom. The predicted octanol–water partition coefficient (Wildman–Crippen LogP) is 2.62. The molecule has 0 spiro atoms. The molecule has 0 aliphatic carbocycles. The molecule has 3 aromatic heterocycles. The number of furan rings is 1. The highest BCUT2D eigenvalue weighted by Gasteiger charge is 2.21. The lowest BCUT2D eigenvalue weighted by Gasteiger charge is -2.18. The van der Waals surface area contributed by atoms with Crippen LogP contribution in [0.4, 0.5) is 11.6 Å². The second kappa shape index (κ2) is 6.83. The van der Waals surface area contributed by atoms with Crippen LogP contribution in [0.5, 0.6) is 0 Å². The number of amides is 2. The number of carbonyl (C=O) groups excluding carboxylic acids is 2. The van der Waals surface area contributed by atoms with Crippen molar-refractivity contribution in [2.45, 2.75) is 13.8 Å². The fourth-order valence-corrected chi connectivity index (χ4v) is 2.50. The maximum Gasteiger partial charge on any atom is 0.260 e. The number of pyridine rings is 1. The third-order valence-corrected chi connectivity index (χ3v) is 3.93. The zero-order chi connectivity index (χ0) is 18.8. The number of hydrogen-bond acceptors (Lipinski definition) is 5. The lowest BCUT2D eigenvalue weighted by atomic mass is 10.2. The smallest absolute Gasteiger partial charge is 0.260 e. The molecule has 26 heavy (non-hydrogen) atoms. The third-order valence-electron chi connectivity index (χ3n) is 3.93. The molecule has 0 bridgehead atoms. The van der Waals surface area contributed by atoms with Crippen molar-refractivity contribution in [1.82, 2.24) is 14.8 Å². The zero-order valence-corrected chi connectivity index (χ0v) is 15.0. The Bertz CT molecular complexity index is 959. The molecule has 3 heterocycles. The second-order valence-electron chi connectivity index (χ2n) is 5.87. The Balaban J connectivity index is 2.00. The summed E-state index contributed by atoms with van der Waals surface area (Å²) in [5.41, 5.74) is 1.60. The molecule has 1 N–H and O–H groups in total. The van der Waals surface area contributed by atoms with E-state index in [9.17, 15) is 9.59 Å². The van der Waals surface area contributed by atoms with Crippen LogP contribution in [0.15, 0.2) is 41.0 Å². The summed E-state index contributed by atoms with van der Waals surface area (Å²) in [6.45, 7) is 3.25. The van der Waals surface area contributed by atoms with Gasteiger partial charge in [-0.15, -0.1) is 0 Å². The lowest BCUT2D eigenvalue weighted by molar-refractivity contribution is -0.116. The summed E-state index contributed by atoms with van der Waals surface area (Å²) in [5.74, 6) is 0.744. The van der Waals surface area contributed by atoms with Gasteiger partial charge < -0.3 is 9.73 Å². The first-order valence-corrected chi connectivity index (χ1v) is 7.98. The summed E-state index contributed by atoms with van der Waals surface area (Å²) in [6, 6.07) is 8.57. The van der Waals surface area contributed by atoms with Gasteiger partial charge in [-0.2, -0.15) is 5.10 Å². The number of rotatable bonds is 4. The Hall–Kier alpha value is -3.42. The molecule has 134 valence electrons. The SMILES string of the molecule is CC(=O)N(C)c1nc(-c2ccco2)ccc1C(=O)Nc1cc(C)nn1C. The minimum Gasteiger partial charge on any atom is -0.463 e. The van der Waals surface area contributed by atoms with E-state index < -0.39 is 0 Å². The molecular weight excluding hydrogens is 334 g/mol. The average molecular weight is 353 g/mol. The van der Waals surface area contributed by atoms with Gasteiger partial charge in [0.25, 0.3) is 5.91 Å². The first-order chi connectivity index (χ1) is 12.4. The van der Waals surface area contributed by atoms with Crippen molar-refractivity contribution in [2.24, 2.45) is 7.05 Å². The number of aromatic nitrogens is 3. The fourth-order valence-electron chi connectivity index (χ4n) is 2.50. The second-order valence-corrected chi connectivity index (χ2v) is 5.87. The number of carbonyl (C=O) groups is 2. The van der Waals surface area contributed by atoms with E-state index >= 15 is 0 Å². The Labute approximate surface area is 150 Å². The average Bonchev–Trinajstić information content (AvgIpc) is 3.23. The monoisotopic (exact) mass is 353 g/mol. The zero-order valence-electron chi connectivity index (χ0n) is 15.0. The summed E-state index contributed by atoms with van der Waals surface area (Å²) < 4.78 is 6.93. The molecule has 0 radical (unpaired) electrons. The molecular formula is C18H19N5O3. The van der Waals surface area contributed by atoms with Gasteiger partial charge in [0.2, 0.25) is 5.91 Å². The van der Waals surface area contributed by atoms with Gasteiger partial charge in [0.05, 0.1) is 17.5 Å². The van der Waals surface area contributed by atoms with E-state index in [0.717, 1.165) is 5.69 Å². The van der Waals surface area contributed by atoms with Crippen LogP contribution >= 0.6 is 0 Å². The molecule has 8 nitrogen and oxygen atoms in total. The lowest BCUT2D eigenvalue weighted by Crippen LogP contribution is -2.27. The van der Waals surface area contributed by atoms with Crippen LogP contribution in [0.2, 0.25) is 0 Å². The van der Waals surface area contributed by atoms with Crippen LogP contribution in [0.25, 0.3) is 11.5 Å². The number of nitrogens with zero attached hydrogens (tertiary/aromatic N) is 4. The highest BCUT2D eigenvalue weighted by molar-refractivity contribution is 6.09. The molecule has 0 unspecified atom stereocenters. The summed E-state index contributed by atoms with van der Waals surface area (Å²) in [4.78, 5) is 30.4. The van der Waals surface area contributed by atoms with Crippen LogP contribution in [0.3, 0.4) is 0 Å². The van der Waals surface area contributed by atoms with E-state index in [-0.39, 0.29) is 23.2 Å². The van der Waals surface area contributed by atoms with Crippen LogP contribution in [-0.2, 0) is 11.8 Å². The summed E-state index contributed by atoms with van der Waals surface area (Å²) in [7, 11) is 3.31. The molecule has 0 saturated heterocycles. The Morgan fingerprint density at radius 1 is 1.27 bits per heavy atom. The van der Waals surface area contributed by atoms with Crippen LogP contribution in [0, 0.1) is 6.92 Å². The van der Waals surface area contributed by atoms with Gasteiger partial charge >= 0.3 is 0 Å². The van der Waals surface area contributed by atoms with Gasteiger partial charge in [0.1, 0.15) is 17.3 Å². The Morgan fingerprint density at radius 3 is 2.62 bits per heavy atom. The van der Waals surface area contributed by atoms with Crippen LogP contribution in [-0.4, -0.2) is 33.6 Å². The van der Waals surface area contributed by atoms with Crippen molar-refractivity contribution in [3.8, 4) is 11.5 Å². The van der Waals surface area contributed by atoms with Gasteiger partial charge in [0, 0.05) is 27.1 Å². The molecule has 0 fully saturated rings. The fraction of sp³-hybridized carbons (Fsp3) is 0.222. The quantitative estimate of drug-likeness (QED) is 0.778. The predicted molar refractivity (Wildman–Crippen MR) is 96.9 cm³/mol. The van der Waals surface area contributed by atoms with Crippen LogP contribution in [0.1, 0.15) is 23.0 Å². The van der Waals surface area contributed by atoms with E-state index in [1.54, 1.807) is 49.1 Å². The molecule has 3 aromatic rings. The topological polar surface area (TPSA) is 93.3 Å². The van der Waals surface area contributed by atoms with Crippen molar-refractivity contribution in [1.29, 1.82) is 0 Å². The number of anilines is 2. The van der Waals surface area contributed by atoms with E-state index in [1.807, 2.05) is 6.92 Å². The van der Waals surface area contributed by atoms with Gasteiger partial charge in [-0.05, 0) is 31.2 Å². The minimum atomic E-state index is -0.380. The maximum atomic E-state index is 12.8. The summed E-state index contributed by atoms with van der Waals surface area (Å²) >= 11 is 0. The van der Waals surface area contributed by atoms with Crippen LogP contribution < -0.4 is 10.2 Å². The molecule has 0 atom stereocenters. The van der Waals surface area contributed by atoms with E-state index in [2.05, 4.69) is 15.4 Å². The maximum absolute atomic E-state index is 12.8. The number of nitrogens with one attached hydrogen (secondary N) is 1. The molecule has 0 aromatic carbocycles. The Kier molecular flexibility index (Phi) is 4.57. The molecule has 2 amide bonds. The van der Waals surface area contributed by atoms with E-state index in [0.29, 0.717) is 17.3 Å². The first-order valence-electron chi connectivity index (χ1n) is 7.98. The van der Waals surface area contributed by atoms with E-state index in [4.69, 9.17) is 4.42 Å². The normalized spacial score (nSPS) is 10.6. The highest BCUT2D eigenvalue weighted by Crippen LogP contribution is 2.25. The van der Waals surface area contributed by atoms with Gasteiger partial charge in [-0.25, -0.2) is 4.98 Å². The summed E-state index contributed by atoms with van der Waals surface area (Å²) in [5, 5.41) is 7.00. The number of hydrogen-bond donors (Lipinski definition) is 1. The molecule has 0 aliphatic rings. The molecule has 0 aliphatic heterocycles. The van der Waals surface area contributed by atoms with Crippen molar-refractivity contribution in [3.63, 3.8) is 0 Å². The minimum absolute atomic E-state index is 0.237. The molecule has 0 saturated carbocycles. The van der Waals surface area contributed by atoms with Gasteiger partial charge in [0.15, 0.2) is 5.76 Å².